The third kappa shape index (κ3) is 3.90. The van der Waals surface area contributed by atoms with Gasteiger partial charge in [0.2, 0.25) is 0 Å². The average Bonchev–Trinajstić information content (AvgIpc) is 2.48. The lowest BCUT2D eigenvalue weighted by atomic mass is 10.2. The molecule has 0 spiro atoms. The minimum Gasteiger partial charge on any atom is -0.364 e. The van der Waals surface area contributed by atoms with Crippen molar-refractivity contribution in [3.8, 4) is 0 Å². The zero-order valence-corrected chi connectivity index (χ0v) is 11.7. The Balaban J connectivity index is 1.88. The molecule has 0 radical (unpaired) electrons. The second kappa shape index (κ2) is 6.82. The van der Waals surface area contributed by atoms with Crippen molar-refractivity contribution >= 4 is 11.7 Å². The van der Waals surface area contributed by atoms with Gasteiger partial charge < -0.3 is 10.1 Å². The van der Waals surface area contributed by atoms with Gasteiger partial charge >= 0.3 is 0 Å². The number of benzene rings is 1. The van der Waals surface area contributed by atoms with Crippen LogP contribution in [0.3, 0.4) is 0 Å². The number of carbonyl (C=O) groups is 1. The highest BCUT2D eigenvalue weighted by Crippen LogP contribution is 2.10. The summed E-state index contributed by atoms with van der Waals surface area (Å²) in [6.07, 6.45) is 1.12. The minimum absolute atomic E-state index is 0.192. The third-order valence-electron chi connectivity index (χ3n) is 2.96. The summed E-state index contributed by atoms with van der Waals surface area (Å²) in [4.78, 5) is 16.1. The SMILES string of the molecule is Cc1cccnc1NC(=O)C(C)OCc1ccccc1. The largest absolute Gasteiger partial charge is 0.364 e. The quantitative estimate of drug-likeness (QED) is 0.908. The summed E-state index contributed by atoms with van der Waals surface area (Å²) in [5.74, 6) is 0.385. The second-order valence-corrected chi connectivity index (χ2v) is 4.60. The lowest BCUT2D eigenvalue weighted by molar-refractivity contribution is -0.127. The Morgan fingerprint density at radius 2 is 2.00 bits per heavy atom. The molecule has 0 saturated carbocycles. The Hall–Kier alpha value is -2.20. The molecule has 104 valence electrons. The highest BCUT2D eigenvalue weighted by molar-refractivity contribution is 5.93. The van der Waals surface area contributed by atoms with Crippen molar-refractivity contribution in [1.82, 2.24) is 4.98 Å². The molecule has 1 aromatic heterocycles. The number of nitrogens with one attached hydrogen (secondary N) is 1. The summed E-state index contributed by atoms with van der Waals surface area (Å²) in [7, 11) is 0. The molecule has 0 aliphatic carbocycles. The Morgan fingerprint density at radius 1 is 1.25 bits per heavy atom. The first-order valence-electron chi connectivity index (χ1n) is 6.55. The Morgan fingerprint density at radius 3 is 2.70 bits per heavy atom. The van der Waals surface area contributed by atoms with Crippen molar-refractivity contribution in [1.29, 1.82) is 0 Å². The van der Waals surface area contributed by atoms with Gasteiger partial charge in [-0.3, -0.25) is 4.79 Å². The number of aromatic nitrogens is 1. The number of ether oxygens (including phenoxy) is 1. The number of hydrogen-bond acceptors (Lipinski definition) is 3. The van der Waals surface area contributed by atoms with Gasteiger partial charge in [-0.15, -0.1) is 0 Å². The molecule has 2 aromatic rings. The molecular formula is C16H18N2O2. The first kappa shape index (κ1) is 14.2. The van der Waals surface area contributed by atoms with Crippen molar-refractivity contribution in [2.45, 2.75) is 26.6 Å². The molecule has 4 heteroatoms. The number of aryl methyl sites for hydroxylation is 1. The van der Waals surface area contributed by atoms with E-state index < -0.39 is 6.10 Å². The predicted molar refractivity (Wildman–Crippen MR) is 78.3 cm³/mol. The van der Waals surface area contributed by atoms with E-state index in [1.807, 2.05) is 49.4 Å². The Bertz CT molecular complexity index is 570. The molecule has 2 rings (SSSR count). The normalized spacial score (nSPS) is 11.9. The van der Waals surface area contributed by atoms with E-state index in [-0.39, 0.29) is 5.91 Å². The molecule has 1 atom stereocenters. The van der Waals surface area contributed by atoms with Gasteiger partial charge in [-0.1, -0.05) is 36.4 Å². The van der Waals surface area contributed by atoms with Crippen molar-refractivity contribution in [2.24, 2.45) is 0 Å². The Labute approximate surface area is 118 Å². The maximum Gasteiger partial charge on any atom is 0.254 e. The highest BCUT2D eigenvalue weighted by atomic mass is 16.5. The molecule has 1 aromatic carbocycles. The predicted octanol–water partition coefficient (Wildman–Crippen LogP) is 2.93. The van der Waals surface area contributed by atoms with Crippen LogP contribution in [0.5, 0.6) is 0 Å². The molecule has 0 aliphatic heterocycles. The molecular weight excluding hydrogens is 252 g/mol. The van der Waals surface area contributed by atoms with Crippen LogP contribution in [0.25, 0.3) is 0 Å². The Kier molecular flexibility index (Phi) is 4.85. The third-order valence-corrected chi connectivity index (χ3v) is 2.96. The summed E-state index contributed by atoms with van der Waals surface area (Å²) in [5, 5.41) is 2.77. The van der Waals surface area contributed by atoms with Crippen molar-refractivity contribution in [3.05, 3.63) is 59.8 Å². The van der Waals surface area contributed by atoms with Crippen LogP contribution < -0.4 is 5.32 Å². The van der Waals surface area contributed by atoms with E-state index in [2.05, 4.69) is 10.3 Å². The molecule has 1 heterocycles. The van der Waals surface area contributed by atoms with E-state index in [4.69, 9.17) is 4.74 Å². The number of rotatable bonds is 5. The zero-order chi connectivity index (χ0) is 14.4. The molecule has 4 nitrogen and oxygen atoms in total. The summed E-state index contributed by atoms with van der Waals surface area (Å²) in [6.45, 7) is 4.05. The van der Waals surface area contributed by atoms with E-state index in [0.29, 0.717) is 12.4 Å². The van der Waals surface area contributed by atoms with Crippen molar-refractivity contribution in [2.75, 3.05) is 5.32 Å². The standard InChI is InChI=1S/C16H18N2O2/c1-12-7-6-10-17-15(12)18-16(19)13(2)20-11-14-8-4-3-5-9-14/h3-10,13H,11H2,1-2H3,(H,17,18,19). The van der Waals surface area contributed by atoms with E-state index >= 15 is 0 Å². The van der Waals surface area contributed by atoms with Gasteiger partial charge in [0.1, 0.15) is 11.9 Å². The fourth-order valence-electron chi connectivity index (χ4n) is 1.71. The fraction of sp³-hybridized carbons (Fsp3) is 0.250. The number of carbonyl (C=O) groups excluding carboxylic acids is 1. The van der Waals surface area contributed by atoms with Gasteiger partial charge in [0.25, 0.3) is 5.91 Å². The lowest BCUT2D eigenvalue weighted by Crippen LogP contribution is -2.28. The van der Waals surface area contributed by atoms with E-state index in [1.165, 1.54) is 0 Å². The summed E-state index contributed by atoms with van der Waals surface area (Å²) in [6, 6.07) is 13.5. The van der Waals surface area contributed by atoms with Crippen LogP contribution in [0, 0.1) is 6.92 Å². The smallest absolute Gasteiger partial charge is 0.254 e. The highest BCUT2D eigenvalue weighted by Gasteiger charge is 2.14. The van der Waals surface area contributed by atoms with Crippen LogP contribution in [0.15, 0.2) is 48.7 Å². The topological polar surface area (TPSA) is 51.2 Å². The van der Waals surface area contributed by atoms with Gasteiger partial charge in [-0.05, 0) is 31.0 Å². The molecule has 0 aliphatic rings. The van der Waals surface area contributed by atoms with Gasteiger partial charge in [-0.2, -0.15) is 0 Å². The molecule has 1 N–H and O–H groups in total. The fourth-order valence-corrected chi connectivity index (χ4v) is 1.71. The van der Waals surface area contributed by atoms with Gasteiger partial charge in [-0.25, -0.2) is 4.98 Å². The first-order chi connectivity index (χ1) is 9.66. The molecule has 1 amide bonds. The molecule has 0 fully saturated rings. The summed E-state index contributed by atoms with van der Waals surface area (Å²) >= 11 is 0. The molecule has 0 bridgehead atoms. The molecule has 0 saturated heterocycles. The monoisotopic (exact) mass is 270 g/mol. The van der Waals surface area contributed by atoms with Crippen molar-refractivity contribution < 1.29 is 9.53 Å². The number of nitrogens with zero attached hydrogens (tertiary/aromatic N) is 1. The van der Waals surface area contributed by atoms with Crippen LogP contribution in [-0.2, 0) is 16.1 Å². The number of pyridine rings is 1. The van der Waals surface area contributed by atoms with E-state index in [1.54, 1.807) is 13.1 Å². The first-order valence-corrected chi connectivity index (χ1v) is 6.55. The van der Waals surface area contributed by atoms with Gasteiger partial charge in [0, 0.05) is 6.20 Å². The molecule has 20 heavy (non-hydrogen) atoms. The van der Waals surface area contributed by atoms with Crippen molar-refractivity contribution in [3.63, 3.8) is 0 Å². The van der Waals surface area contributed by atoms with E-state index in [0.717, 1.165) is 11.1 Å². The van der Waals surface area contributed by atoms with Gasteiger partial charge in [0.05, 0.1) is 6.61 Å². The second-order valence-electron chi connectivity index (χ2n) is 4.60. The average molecular weight is 270 g/mol. The maximum absolute atomic E-state index is 12.0. The van der Waals surface area contributed by atoms with Gasteiger partial charge in [0.15, 0.2) is 0 Å². The number of amides is 1. The maximum atomic E-state index is 12.0. The zero-order valence-electron chi connectivity index (χ0n) is 11.7. The van der Waals surface area contributed by atoms with Crippen LogP contribution in [0.4, 0.5) is 5.82 Å². The lowest BCUT2D eigenvalue weighted by Gasteiger charge is -2.14. The molecule has 1 unspecified atom stereocenters. The summed E-state index contributed by atoms with van der Waals surface area (Å²) < 4.78 is 5.56. The number of hydrogen-bond donors (Lipinski definition) is 1. The van der Waals surface area contributed by atoms with Crippen LogP contribution in [-0.4, -0.2) is 17.0 Å². The van der Waals surface area contributed by atoms with Crippen LogP contribution in [0.1, 0.15) is 18.1 Å². The van der Waals surface area contributed by atoms with Crippen LogP contribution >= 0.6 is 0 Å². The summed E-state index contributed by atoms with van der Waals surface area (Å²) in [5.41, 5.74) is 1.97. The number of anilines is 1. The van der Waals surface area contributed by atoms with E-state index in [9.17, 15) is 4.79 Å². The minimum atomic E-state index is -0.531. The van der Waals surface area contributed by atoms with Crippen LogP contribution in [0.2, 0.25) is 0 Å².